The van der Waals surface area contributed by atoms with E-state index in [4.69, 9.17) is 15.3 Å². The van der Waals surface area contributed by atoms with Gasteiger partial charge < -0.3 is 21.1 Å². The van der Waals surface area contributed by atoms with Gasteiger partial charge in [-0.05, 0) is 70.8 Å². The van der Waals surface area contributed by atoms with Crippen molar-refractivity contribution in [1.82, 2.24) is 15.7 Å². The second kappa shape index (κ2) is 19.3. The first-order chi connectivity index (χ1) is 20.2. The molecule has 0 unspecified atom stereocenters. The van der Waals surface area contributed by atoms with Gasteiger partial charge in [-0.2, -0.15) is 0 Å². The third-order valence-corrected chi connectivity index (χ3v) is 7.86. The molecule has 0 aromatic heterocycles. The summed E-state index contributed by atoms with van der Waals surface area (Å²) < 4.78 is 5.92. The van der Waals surface area contributed by atoms with Crippen LogP contribution in [0.5, 0.6) is 0 Å². The number of ether oxygens (including phenoxy) is 1. The number of carbonyl (C=O) groups excluding carboxylic acids is 4. The summed E-state index contributed by atoms with van der Waals surface area (Å²) in [6.45, 7) is 6.95. The number of nitrogens with two attached hydrogens (primary N) is 1. The molecule has 1 fully saturated rings. The fourth-order valence-corrected chi connectivity index (χ4v) is 4.92. The quantitative estimate of drug-likeness (QED) is 0.0899. The van der Waals surface area contributed by atoms with E-state index in [1.165, 1.54) is 5.06 Å². The molecular weight excluding hydrogens is 536 g/mol. The Morgan fingerprint density at radius 1 is 1.10 bits per heavy atom. The maximum atomic E-state index is 13.4. The zero-order valence-electron chi connectivity index (χ0n) is 25.8. The van der Waals surface area contributed by atoms with Crippen LogP contribution in [0.25, 0.3) is 0 Å². The molecule has 2 rings (SSSR count). The van der Waals surface area contributed by atoms with Crippen molar-refractivity contribution < 1.29 is 28.8 Å². The van der Waals surface area contributed by atoms with E-state index in [2.05, 4.69) is 17.6 Å². The largest absolute Gasteiger partial charge is 0.460 e. The first kappa shape index (κ1) is 35.2. The van der Waals surface area contributed by atoms with Crippen molar-refractivity contribution in [2.75, 3.05) is 13.1 Å². The SMILES string of the molecule is CCCCCCC[C@H](OC(=O)[C@@H](N)CCCCN(C=O)OCc1ccccc1)C(C)(C)C(=O)N[C@H]1CCCCNC1=O. The van der Waals surface area contributed by atoms with Crippen LogP contribution in [0.3, 0.4) is 0 Å². The van der Waals surface area contributed by atoms with Crippen LogP contribution in [0.1, 0.15) is 103 Å². The highest BCUT2D eigenvalue weighted by molar-refractivity contribution is 5.90. The summed E-state index contributed by atoms with van der Waals surface area (Å²) in [4.78, 5) is 55.8. The third-order valence-electron chi connectivity index (χ3n) is 7.86. The van der Waals surface area contributed by atoms with Crippen LogP contribution >= 0.6 is 0 Å². The molecule has 0 spiro atoms. The summed E-state index contributed by atoms with van der Waals surface area (Å²) in [6.07, 6.45) is 9.52. The molecular formula is C32H52N4O6. The Labute approximate surface area is 251 Å². The zero-order valence-corrected chi connectivity index (χ0v) is 25.8. The van der Waals surface area contributed by atoms with Crippen LogP contribution in [-0.4, -0.2) is 60.5 Å². The summed E-state index contributed by atoms with van der Waals surface area (Å²) >= 11 is 0. The number of hydroxylamine groups is 2. The minimum atomic E-state index is -1.05. The topological polar surface area (TPSA) is 140 Å². The van der Waals surface area contributed by atoms with Crippen molar-refractivity contribution in [2.24, 2.45) is 11.1 Å². The lowest BCUT2D eigenvalue weighted by Gasteiger charge is -2.34. The molecule has 0 saturated carbocycles. The highest BCUT2D eigenvalue weighted by atomic mass is 16.7. The van der Waals surface area contributed by atoms with Gasteiger partial charge in [-0.15, -0.1) is 0 Å². The van der Waals surface area contributed by atoms with E-state index >= 15 is 0 Å². The smallest absolute Gasteiger partial charge is 0.323 e. The van der Waals surface area contributed by atoms with E-state index in [0.29, 0.717) is 58.2 Å². The second-order valence-electron chi connectivity index (χ2n) is 11.8. The second-order valence-corrected chi connectivity index (χ2v) is 11.8. The van der Waals surface area contributed by atoms with Gasteiger partial charge in [0.05, 0.1) is 5.41 Å². The predicted molar refractivity (Wildman–Crippen MR) is 162 cm³/mol. The number of nitrogens with zero attached hydrogens (tertiary/aromatic N) is 1. The summed E-state index contributed by atoms with van der Waals surface area (Å²) in [5.41, 5.74) is 6.12. The third kappa shape index (κ3) is 12.5. The minimum Gasteiger partial charge on any atom is -0.460 e. The van der Waals surface area contributed by atoms with Gasteiger partial charge in [0, 0.05) is 13.1 Å². The Bertz CT molecular complexity index is 958. The van der Waals surface area contributed by atoms with E-state index in [9.17, 15) is 19.2 Å². The normalized spacial score (nSPS) is 17.0. The minimum absolute atomic E-state index is 0.176. The molecule has 1 aliphatic rings. The summed E-state index contributed by atoms with van der Waals surface area (Å²) in [6, 6.07) is 8.13. The van der Waals surface area contributed by atoms with Crippen LogP contribution < -0.4 is 16.4 Å². The lowest BCUT2D eigenvalue weighted by molar-refractivity contribution is -0.177. The van der Waals surface area contributed by atoms with Crippen molar-refractivity contribution in [3.8, 4) is 0 Å². The zero-order chi connectivity index (χ0) is 30.8. The van der Waals surface area contributed by atoms with Gasteiger partial charge in [0.15, 0.2) is 0 Å². The Morgan fingerprint density at radius 3 is 2.52 bits per heavy atom. The Hall–Kier alpha value is -2.98. The lowest BCUT2D eigenvalue weighted by atomic mass is 9.82. The fraction of sp³-hybridized carbons (Fsp3) is 0.688. The molecule has 236 valence electrons. The van der Waals surface area contributed by atoms with Crippen LogP contribution in [0.4, 0.5) is 0 Å². The van der Waals surface area contributed by atoms with Crippen LogP contribution in [0, 0.1) is 5.41 Å². The highest BCUT2D eigenvalue weighted by Crippen LogP contribution is 2.29. The van der Waals surface area contributed by atoms with Crippen molar-refractivity contribution in [3.05, 3.63) is 35.9 Å². The van der Waals surface area contributed by atoms with Gasteiger partial charge in [0.25, 0.3) is 0 Å². The average molecular weight is 589 g/mol. The van der Waals surface area contributed by atoms with Gasteiger partial charge >= 0.3 is 5.97 Å². The summed E-state index contributed by atoms with van der Waals surface area (Å²) in [5.74, 6) is -1.03. The monoisotopic (exact) mass is 588 g/mol. The lowest BCUT2D eigenvalue weighted by Crippen LogP contribution is -2.53. The molecule has 1 aromatic carbocycles. The number of carbonyl (C=O) groups is 4. The van der Waals surface area contributed by atoms with E-state index < -0.39 is 29.6 Å². The van der Waals surface area contributed by atoms with Gasteiger partial charge in [-0.1, -0.05) is 62.9 Å². The molecule has 0 radical (unpaired) electrons. The number of hydrogen-bond donors (Lipinski definition) is 3. The Kier molecular flexibility index (Phi) is 16.1. The average Bonchev–Trinajstić information content (AvgIpc) is 3.19. The molecule has 0 aliphatic carbocycles. The maximum absolute atomic E-state index is 13.4. The van der Waals surface area contributed by atoms with E-state index in [1.807, 2.05) is 30.3 Å². The number of rotatable bonds is 20. The number of benzene rings is 1. The van der Waals surface area contributed by atoms with Crippen molar-refractivity contribution in [2.45, 2.75) is 123 Å². The predicted octanol–water partition coefficient (Wildman–Crippen LogP) is 4.16. The van der Waals surface area contributed by atoms with Crippen LogP contribution in [-0.2, 0) is 35.4 Å². The van der Waals surface area contributed by atoms with E-state index in [-0.39, 0.29) is 11.8 Å². The molecule has 1 aliphatic heterocycles. The molecule has 10 nitrogen and oxygen atoms in total. The van der Waals surface area contributed by atoms with E-state index in [1.54, 1.807) is 13.8 Å². The number of hydrogen-bond acceptors (Lipinski definition) is 7. The number of amides is 3. The summed E-state index contributed by atoms with van der Waals surface area (Å²) in [7, 11) is 0. The van der Waals surface area contributed by atoms with Crippen molar-refractivity contribution >= 4 is 24.2 Å². The number of esters is 1. The molecule has 4 N–H and O–H groups in total. The van der Waals surface area contributed by atoms with Crippen molar-refractivity contribution in [3.63, 3.8) is 0 Å². The molecule has 1 aromatic rings. The van der Waals surface area contributed by atoms with Gasteiger partial charge in [0.1, 0.15) is 24.8 Å². The van der Waals surface area contributed by atoms with Gasteiger partial charge in [-0.3, -0.25) is 24.0 Å². The molecule has 3 amide bonds. The van der Waals surface area contributed by atoms with Gasteiger partial charge in [0.2, 0.25) is 18.2 Å². The molecule has 3 atom stereocenters. The Balaban J connectivity index is 1.89. The fourth-order valence-electron chi connectivity index (χ4n) is 4.92. The van der Waals surface area contributed by atoms with Crippen LogP contribution in [0.15, 0.2) is 30.3 Å². The molecule has 10 heteroatoms. The van der Waals surface area contributed by atoms with Gasteiger partial charge in [-0.25, -0.2) is 5.06 Å². The van der Waals surface area contributed by atoms with E-state index in [0.717, 1.165) is 50.5 Å². The molecule has 42 heavy (non-hydrogen) atoms. The number of unbranched alkanes of at least 4 members (excludes halogenated alkanes) is 5. The number of nitrogens with one attached hydrogen (secondary N) is 2. The highest BCUT2D eigenvalue weighted by Gasteiger charge is 2.41. The first-order valence-corrected chi connectivity index (χ1v) is 15.6. The standard InChI is InChI=1S/C32H52N4O6/c1-4-5-6-7-11-20-28(32(2,3)31(40)35-27-19-12-14-21-34-29(27)38)42-30(39)26(33)18-13-15-22-36(24-37)41-23-25-16-9-8-10-17-25/h8-10,16-17,24,26-28H,4-7,11-15,18-23,33H2,1-3H3,(H,34,38)(H,35,40)/t26-,27-,28-/m0/s1. The first-order valence-electron chi connectivity index (χ1n) is 15.6. The maximum Gasteiger partial charge on any atom is 0.323 e. The molecule has 1 heterocycles. The molecule has 0 bridgehead atoms. The van der Waals surface area contributed by atoms with Crippen molar-refractivity contribution in [1.29, 1.82) is 0 Å². The Morgan fingerprint density at radius 2 is 1.81 bits per heavy atom. The van der Waals surface area contributed by atoms with Crippen LogP contribution in [0.2, 0.25) is 0 Å². The summed E-state index contributed by atoms with van der Waals surface area (Å²) in [5, 5.41) is 7.00. The molecule has 1 saturated heterocycles.